The van der Waals surface area contributed by atoms with Crippen molar-refractivity contribution in [2.45, 2.75) is 51.4 Å². The molecule has 1 aliphatic carbocycles. The summed E-state index contributed by atoms with van der Waals surface area (Å²) in [6.07, 6.45) is 9.22. The number of ketones is 1. The fraction of sp³-hybridized carbons (Fsp3) is 0.909. The van der Waals surface area contributed by atoms with Crippen LogP contribution < -0.4 is 0 Å². The lowest BCUT2D eigenvalue weighted by molar-refractivity contribution is -0.123. The number of alkyl halides is 1. The summed E-state index contributed by atoms with van der Waals surface area (Å²) >= 11 is 3.42. The summed E-state index contributed by atoms with van der Waals surface area (Å²) in [5.41, 5.74) is 0. The summed E-state index contributed by atoms with van der Waals surface area (Å²) in [7, 11) is 0. The monoisotopic (exact) mass is 246 g/mol. The number of hydrogen-bond acceptors (Lipinski definition) is 1. The van der Waals surface area contributed by atoms with Crippen LogP contribution in [0.2, 0.25) is 0 Å². The first-order valence-electron chi connectivity index (χ1n) is 5.43. The van der Waals surface area contributed by atoms with Crippen molar-refractivity contribution in [3.05, 3.63) is 0 Å². The summed E-state index contributed by atoms with van der Waals surface area (Å²) in [5.74, 6) is 0.915. The Labute approximate surface area is 89.4 Å². The molecule has 0 heterocycles. The minimum absolute atomic E-state index is 0.387. The van der Waals surface area contributed by atoms with Gasteiger partial charge in [0.1, 0.15) is 5.78 Å². The first kappa shape index (κ1) is 11.2. The second kappa shape index (κ2) is 6.58. The van der Waals surface area contributed by atoms with Crippen LogP contribution >= 0.6 is 15.9 Å². The molecule has 0 aliphatic heterocycles. The Morgan fingerprint density at radius 1 is 1.23 bits per heavy atom. The van der Waals surface area contributed by atoms with Crippen LogP contribution in [0.4, 0.5) is 0 Å². The van der Waals surface area contributed by atoms with Crippen molar-refractivity contribution in [1.29, 1.82) is 0 Å². The van der Waals surface area contributed by atoms with Crippen molar-refractivity contribution in [2.24, 2.45) is 5.92 Å². The van der Waals surface area contributed by atoms with Gasteiger partial charge in [-0.3, -0.25) is 4.79 Å². The molecule has 0 N–H and O–H groups in total. The lowest BCUT2D eigenvalue weighted by Gasteiger charge is -2.17. The third kappa shape index (κ3) is 4.26. The van der Waals surface area contributed by atoms with Crippen LogP contribution in [-0.2, 0) is 4.79 Å². The van der Waals surface area contributed by atoms with E-state index in [9.17, 15) is 4.79 Å². The summed E-state index contributed by atoms with van der Waals surface area (Å²) < 4.78 is 0. The molecule has 1 rings (SSSR count). The van der Waals surface area contributed by atoms with Gasteiger partial charge < -0.3 is 0 Å². The number of carbonyl (C=O) groups is 1. The highest BCUT2D eigenvalue weighted by Gasteiger charge is 2.18. The normalized spacial score (nSPS) is 25.3. The summed E-state index contributed by atoms with van der Waals surface area (Å²) in [4.78, 5) is 11.7. The zero-order valence-corrected chi connectivity index (χ0v) is 9.81. The van der Waals surface area contributed by atoms with E-state index < -0.39 is 0 Å². The zero-order valence-electron chi connectivity index (χ0n) is 8.23. The highest BCUT2D eigenvalue weighted by molar-refractivity contribution is 9.09. The molecule has 0 aromatic carbocycles. The molecule has 1 nitrogen and oxygen atoms in total. The van der Waals surface area contributed by atoms with Crippen molar-refractivity contribution in [3.63, 3.8) is 0 Å². The molecule has 2 heteroatoms. The SMILES string of the molecule is O=C1CCCCCCC1CCCBr. The van der Waals surface area contributed by atoms with Gasteiger partial charge in [0.2, 0.25) is 0 Å². The van der Waals surface area contributed by atoms with Crippen LogP contribution in [0, 0.1) is 5.92 Å². The fourth-order valence-electron chi connectivity index (χ4n) is 2.04. The Kier molecular flexibility index (Phi) is 5.68. The first-order chi connectivity index (χ1) is 6.34. The van der Waals surface area contributed by atoms with Crippen LogP contribution in [0.15, 0.2) is 0 Å². The lowest BCUT2D eigenvalue weighted by atomic mass is 9.87. The van der Waals surface area contributed by atoms with E-state index in [1.54, 1.807) is 0 Å². The average Bonchev–Trinajstić information content (AvgIpc) is 2.11. The van der Waals surface area contributed by atoms with E-state index in [0.29, 0.717) is 11.7 Å². The molecule has 1 aliphatic rings. The molecular weight excluding hydrogens is 228 g/mol. The minimum Gasteiger partial charge on any atom is -0.299 e. The van der Waals surface area contributed by atoms with Crippen molar-refractivity contribution in [1.82, 2.24) is 0 Å². The van der Waals surface area contributed by atoms with Crippen LogP contribution in [0.5, 0.6) is 0 Å². The Morgan fingerprint density at radius 3 is 2.77 bits per heavy atom. The van der Waals surface area contributed by atoms with Gasteiger partial charge in [0.05, 0.1) is 0 Å². The quantitative estimate of drug-likeness (QED) is 0.695. The Balaban J connectivity index is 2.32. The van der Waals surface area contributed by atoms with Crippen molar-refractivity contribution in [2.75, 3.05) is 5.33 Å². The van der Waals surface area contributed by atoms with E-state index >= 15 is 0 Å². The second-order valence-electron chi connectivity index (χ2n) is 3.95. The summed E-state index contributed by atoms with van der Waals surface area (Å²) in [5, 5.41) is 1.04. The molecule has 0 bridgehead atoms. The van der Waals surface area contributed by atoms with E-state index in [2.05, 4.69) is 15.9 Å². The van der Waals surface area contributed by atoms with Crippen LogP contribution in [0.1, 0.15) is 51.4 Å². The number of hydrogen-bond donors (Lipinski definition) is 0. The van der Waals surface area contributed by atoms with Crippen molar-refractivity contribution < 1.29 is 4.79 Å². The highest BCUT2D eigenvalue weighted by atomic mass is 79.9. The van der Waals surface area contributed by atoms with Crippen molar-refractivity contribution >= 4 is 21.7 Å². The van der Waals surface area contributed by atoms with E-state index in [1.807, 2.05) is 0 Å². The predicted molar refractivity (Wildman–Crippen MR) is 59.2 cm³/mol. The maximum absolute atomic E-state index is 11.7. The van der Waals surface area contributed by atoms with Crippen LogP contribution in [-0.4, -0.2) is 11.1 Å². The van der Waals surface area contributed by atoms with E-state index in [4.69, 9.17) is 0 Å². The molecule has 0 amide bonds. The molecular formula is C11H19BrO. The summed E-state index contributed by atoms with van der Waals surface area (Å²) in [6.45, 7) is 0. The van der Waals surface area contributed by atoms with Gasteiger partial charge in [0, 0.05) is 17.7 Å². The third-order valence-electron chi connectivity index (χ3n) is 2.87. The molecule has 0 radical (unpaired) electrons. The van der Waals surface area contributed by atoms with Gasteiger partial charge in [-0.15, -0.1) is 0 Å². The van der Waals surface area contributed by atoms with Crippen molar-refractivity contribution in [3.8, 4) is 0 Å². The molecule has 0 spiro atoms. The van der Waals surface area contributed by atoms with Gasteiger partial charge in [0.15, 0.2) is 0 Å². The van der Waals surface area contributed by atoms with Gasteiger partial charge in [-0.1, -0.05) is 35.2 Å². The largest absolute Gasteiger partial charge is 0.299 e. The van der Waals surface area contributed by atoms with Gasteiger partial charge in [0.25, 0.3) is 0 Å². The predicted octanol–water partition coefficient (Wildman–Crippen LogP) is 3.70. The lowest BCUT2D eigenvalue weighted by Crippen LogP contribution is -2.16. The van der Waals surface area contributed by atoms with E-state index in [0.717, 1.165) is 37.4 Å². The topological polar surface area (TPSA) is 17.1 Å². The Bertz CT molecular complexity index is 154. The number of halogens is 1. The molecule has 76 valence electrons. The molecule has 13 heavy (non-hydrogen) atoms. The molecule has 1 fully saturated rings. The van der Waals surface area contributed by atoms with Gasteiger partial charge >= 0.3 is 0 Å². The Morgan fingerprint density at radius 2 is 2.00 bits per heavy atom. The second-order valence-corrected chi connectivity index (χ2v) is 4.74. The van der Waals surface area contributed by atoms with E-state index in [1.165, 1.54) is 19.3 Å². The number of Topliss-reactive ketones (excluding diaryl/α,β-unsaturated/α-hetero) is 1. The third-order valence-corrected chi connectivity index (χ3v) is 3.43. The minimum atomic E-state index is 0.387. The van der Waals surface area contributed by atoms with Gasteiger partial charge in [-0.05, 0) is 25.7 Å². The first-order valence-corrected chi connectivity index (χ1v) is 6.55. The maximum atomic E-state index is 11.7. The average molecular weight is 247 g/mol. The Hall–Kier alpha value is 0.150. The maximum Gasteiger partial charge on any atom is 0.135 e. The molecule has 1 unspecified atom stereocenters. The van der Waals surface area contributed by atoms with Gasteiger partial charge in [-0.25, -0.2) is 0 Å². The molecule has 0 aromatic rings. The fourth-order valence-corrected chi connectivity index (χ4v) is 2.36. The molecule has 1 atom stereocenters. The van der Waals surface area contributed by atoms with E-state index in [-0.39, 0.29) is 0 Å². The van der Waals surface area contributed by atoms with Crippen LogP contribution in [0.3, 0.4) is 0 Å². The standard InChI is InChI=1S/C11H19BrO/c12-9-5-7-10-6-3-1-2-4-8-11(10)13/h10H,1-9H2. The smallest absolute Gasteiger partial charge is 0.135 e. The molecule has 0 aromatic heterocycles. The molecule has 1 saturated carbocycles. The highest BCUT2D eigenvalue weighted by Crippen LogP contribution is 2.23. The van der Waals surface area contributed by atoms with Gasteiger partial charge in [-0.2, -0.15) is 0 Å². The number of rotatable bonds is 3. The molecule has 0 saturated heterocycles. The summed E-state index contributed by atoms with van der Waals surface area (Å²) in [6, 6.07) is 0. The zero-order chi connectivity index (χ0) is 9.52. The van der Waals surface area contributed by atoms with Crippen LogP contribution in [0.25, 0.3) is 0 Å². The number of carbonyl (C=O) groups excluding carboxylic acids is 1.